The molecule has 0 radical (unpaired) electrons. The Kier molecular flexibility index (Phi) is 10.3. The Labute approximate surface area is 252 Å². The van der Waals surface area contributed by atoms with Gasteiger partial charge in [-0.05, 0) is 36.1 Å². The first-order valence-electron chi connectivity index (χ1n) is 12.7. The van der Waals surface area contributed by atoms with Gasteiger partial charge in [0.25, 0.3) is 0 Å². The third-order valence-electron chi connectivity index (χ3n) is 6.26. The maximum absolute atomic E-state index is 12.2. The second kappa shape index (κ2) is 14.1. The van der Waals surface area contributed by atoms with Gasteiger partial charge in [-0.3, -0.25) is 4.79 Å². The van der Waals surface area contributed by atoms with E-state index in [0.29, 0.717) is 44.7 Å². The van der Waals surface area contributed by atoms with E-state index in [1.807, 2.05) is 53.9 Å². The summed E-state index contributed by atoms with van der Waals surface area (Å²) in [4.78, 5) is 23.3. The molecule has 0 aliphatic carbocycles. The Morgan fingerprint density at radius 1 is 1.07 bits per heavy atom. The number of benzene rings is 2. The fraction of sp³-hybridized carbons (Fsp3) is 0.233. The van der Waals surface area contributed by atoms with Crippen LogP contribution in [0.2, 0.25) is 5.02 Å². The Balaban J connectivity index is 1.74. The van der Waals surface area contributed by atoms with Gasteiger partial charge in [-0.25, -0.2) is 9.97 Å². The van der Waals surface area contributed by atoms with Crippen molar-refractivity contribution in [2.24, 2.45) is 0 Å². The second-order valence-corrected chi connectivity index (χ2v) is 11.3. The molecule has 0 aliphatic rings. The Morgan fingerprint density at radius 2 is 1.76 bits per heavy atom. The van der Waals surface area contributed by atoms with Crippen molar-refractivity contribution >= 4 is 46.4 Å². The molecule has 0 atom stereocenters. The number of aliphatic hydroxyl groups excluding tert-OH is 1. The summed E-state index contributed by atoms with van der Waals surface area (Å²) < 4.78 is 0. The molecule has 41 heavy (non-hydrogen) atoms. The lowest BCUT2D eigenvalue weighted by atomic mass is 9.95. The first kappa shape index (κ1) is 30.0. The SMILES string of the molecule is CNC(=O)CN(C)c1nc(SCc2csc(-c3ccc(Cl)cc3)n2)c(C#N)c(-c2ccc(CCCO)cc2)c1C#N. The lowest BCUT2D eigenvalue weighted by molar-refractivity contribution is -0.119. The average Bonchev–Trinajstić information content (AvgIpc) is 3.47. The molecule has 0 bridgehead atoms. The number of nitrogens with one attached hydrogen (secondary N) is 1. The molecule has 0 spiro atoms. The van der Waals surface area contributed by atoms with Crippen molar-refractivity contribution in [3.63, 3.8) is 0 Å². The molecular formula is C30H27ClN6O2S2. The number of aryl methyl sites for hydroxylation is 1. The van der Waals surface area contributed by atoms with Crippen LogP contribution in [0.5, 0.6) is 0 Å². The van der Waals surface area contributed by atoms with E-state index >= 15 is 0 Å². The van der Waals surface area contributed by atoms with Gasteiger partial charge >= 0.3 is 0 Å². The maximum atomic E-state index is 12.2. The van der Waals surface area contributed by atoms with Crippen LogP contribution in [-0.2, 0) is 17.0 Å². The second-order valence-electron chi connectivity index (χ2n) is 9.08. The molecule has 0 fully saturated rings. The number of carbonyl (C=O) groups excluding carboxylic acids is 1. The largest absolute Gasteiger partial charge is 0.396 e. The van der Waals surface area contributed by atoms with Gasteiger partial charge in [0.1, 0.15) is 33.6 Å². The molecular weight excluding hydrogens is 576 g/mol. The first-order valence-corrected chi connectivity index (χ1v) is 15.0. The number of amides is 1. The number of thioether (sulfide) groups is 1. The maximum Gasteiger partial charge on any atom is 0.239 e. The van der Waals surface area contributed by atoms with Gasteiger partial charge in [0, 0.05) is 48.0 Å². The highest BCUT2D eigenvalue weighted by atomic mass is 35.5. The molecule has 2 N–H and O–H groups in total. The number of hydrogen-bond acceptors (Lipinski definition) is 9. The van der Waals surface area contributed by atoms with Crippen LogP contribution in [0, 0.1) is 22.7 Å². The average molecular weight is 603 g/mol. The van der Waals surface area contributed by atoms with Crippen molar-refractivity contribution in [2.45, 2.75) is 23.6 Å². The minimum atomic E-state index is -0.233. The molecule has 2 aromatic carbocycles. The summed E-state index contributed by atoms with van der Waals surface area (Å²) in [5, 5.41) is 36.2. The summed E-state index contributed by atoms with van der Waals surface area (Å²) in [5.41, 5.74) is 4.52. The van der Waals surface area contributed by atoms with Crippen molar-refractivity contribution in [3.05, 3.63) is 81.3 Å². The number of likely N-dealkylation sites (N-methyl/N-ethyl adjacent to an activating group) is 2. The lowest BCUT2D eigenvalue weighted by Crippen LogP contribution is -2.34. The number of anilines is 1. The van der Waals surface area contributed by atoms with Crippen LogP contribution in [0.4, 0.5) is 5.82 Å². The first-order chi connectivity index (χ1) is 19.9. The zero-order valence-corrected chi connectivity index (χ0v) is 24.9. The summed E-state index contributed by atoms with van der Waals surface area (Å²) >= 11 is 8.90. The molecule has 11 heteroatoms. The van der Waals surface area contributed by atoms with Crippen LogP contribution in [0.1, 0.15) is 28.8 Å². The predicted molar refractivity (Wildman–Crippen MR) is 164 cm³/mol. The van der Waals surface area contributed by atoms with Crippen molar-refractivity contribution in [1.82, 2.24) is 15.3 Å². The molecule has 2 aromatic heterocycles. The monoisotopic (exact) mass is 602 g/mol. The topological polar surface area (TPSA) is 126 Å². The van der Waals surface area contributed by atoms with E-state index in [1.54, 1.807) is 19.0 Å². The molecule has 0 unspecified atom stereocenters. The van der Waals surface area contributed by atoms with E-state index in [9.17, 15) is 15.3 Å². The standard InChI is InChI=1S/C30H27ClN6O2S2/c1-34-26(39)16-37(2)28-24(14-32)27(20-7-5-19(6-8-20)4-3-13-38)25(15-33)30(36-28)41-18-23-17-40-29(35-23)21-9-11-22(31)12-10-21/h5-12,17,38H,3-4,13,16,18H2,1-2H3,(H,34,39). The number of nitriles is 2. The van der Waals surface area contributed by atoms with Gasteiger partial charge in [0.2, 0.25) is 5.91 Å². The number of aliphatic hydroxyl groups is 1. The number of thiazole rings is 1. The lowest BCUT2D eigenvalue weighted by Gasteiger charge is -2.22. The van der Waals surface area contributed by atoms with Gasteiger partial charge in [-0.2, -0.15) is 10.5 Å². The fourth-order valence-electron chi connectivity index (χ4n) is 4.16. The highest BCUT2D eigenvalue weighted by Crippen LogP contribution is 2.39. The molecule has 4 aromatic rings. The van der Waals surface area contributed by atoms with Gasteiger partial charge in [-0.15, -0.1) is 11.3 Å². The predicted octanol–water partition coefficient (Wildman–Crippen LogP) is 5.67. The number of hydrogen-bond donors (Lipinski definition) is 2. The molecule has 1 amide bonds. The summed E-state index contributed by atoms with van der Waals surface area (Å²) in [6.07, 6.45) is 1.36. The van der Waals surface area contributed by atoms with Gasteiger partial charge in [0.15, 0.2) is 0 Å². The number of carbonyl (C=O) groups is 1. The van der Waals surface area contributed by atoms with Crippen molar-refractivity contribution < 1.29 is 9.90 Å². The zero-order valence-electron chi connectivity index (χ0n) is 22.5. The Morgan fingerprint density at radius 3 is 2.39 bits per heavy atom. The Hall–Kier alpha value is -3.93. The van der Waals surface area contributed by atoms with Crippen LogP contribution < -0.4 is 10.2 Å². The summed E-state index contributed by atoms with van der Waals surface area (Å²) in [5.74, 6) is 0.538. The minimum Gasteiger partial charge on any atom is -0.396 e. The zero-order chi connectivity index (χ0) is 29.4. The van der Waals surface area contributed by atoms with Crippen molar-refractivity contribution in [3.8, 4) is 33.8 Å². The number of nitrogens with zero attached hydrogens (tertiary/aromatic N) is 5. The van der Waals surface area contributed by atoms with E-state index in [1.165, 1.54) is 23.1 Å². The summed E-state index contributed by atoms with van der Waals surface area (Å²) in [7, 11) is 3.24. The van der Waals surface area contributed by atoms with Crippen LogP contribution in [0.15, 0.2) is 58.9 Å². The minimum absolute atomic E-state index is 0.00966. The van der Waals surface area contributed by atoms with Crippen LogP contribution in [0.3, 0.4) is 0 Å². The molecule has 8 nitrogen and oxygen atoms in total. The molecule has 2 heterocycles. The van der Waals surface area contributed by atoms with E-state index in [-0.39, 0.29) is 24.6 Å². The summed E-state index contributed by atoms with van der Waals surface area (Å²) in [6, 6.07) is 19.6. The van der Waals surface area contributed by atoms with Crippen molar-refractivity contribution in [1.29, 1.82) is 10.5 Å². The third-order valence-corrected chi connectivity index (χ3v) is 8.46. The van der Waals surface area contributed by atoms with Crippen LogP contribution >= 0.6 is 34.7 Å². The highest BCUT2D eigenvalue weighted by molar-refractivity contribution is 7.98. The third kappa shape index (κ3) is 7.24. The molecule has 0 saturated carbocycles. The van der Waals surface area contributed by atoms with E-state index in [4.69, 9.17) is 26.7 Å². The van der Waals surface area contributed by atoms with Crippen molar-refractivity contribution in [2.75, 3.05) is 32.1 Å². The number of rotatable bonds is 11. The van der Waals surface area contributed by atoms with Gasteiger partial charge in [-0.1, -0.05) is 59.8 Å². The highest BCUT2D eigenvalue weighted by Gasteiger charge is 2.24. The molecule has 208 valence electrons. The van der Waals surface area contributed by atoms with E-state index in [0.717, 1.165) is 28.2 Å². The van der Waals surface area contributed by atoms with E-state index < -0.39 is 0 Å². The van der Waals surface area contributed by atoms with E-state index in [2.05, 4.69) is 17.5 Å². The smallest absolute Gasteiger partial charge is 0.239 e. The molecule has 0 aliphatic heterocycles. The molecule has 0 saturated heterocycles. The van der Waals surface area contributed by atoms with Crippen LogP contribution in [0.25, 0.3) is 21.7 Å². The summed E-state index contributed by atoms with van der Waals surface area (Å²) in [6.45, 7) is 0.0926. The van der Waals surface area contributed by atoms with Crippen LogP contribution in [-0.4, -0.2) is 48.2 Å². The number of aromatic nitrogens is 2. The number of halogens is 1. The normalized spacial score (nSPS) is 10.6. The van der Waals surface area contributed by atoms with Gasteiger partial charge in [0.05, 0.1) is 17.8 Å². The number of pyridine rings is 1. The molecule has 4 rings (SSSR count). The quantitative estimate of drug-likeness (QED) is 0.210. The Bertz CT molecular complexity index is 1610. The van der Waals surface area contributed by atoms with Gasteiger partial charge < -0.3 is 15.3 Å². The fourth-order valence-corrected chi connectivity index (χ4v) is 6.09.